The second-order valence-corrected chi connectivity index (χ2v) is 2.47. The van der Waals surface area contributed by atoms with Crippen molar-refractivity contribution in [1.29, 1.82) is 0 Å². The van der Waals surface area contributed by atoms with Gasteiger partial charge in [0.2, 0.25) is 0 Å². The highest BCUT2D eigenvalue weighted by atomic mass is 16.2. The summed E-state index contributed by atoms with van der Waals surface area (Å²) >= 11 is 0. The monoisotopic (exact) mass is 181 g/mol. The summed E-state index contributed by atoms with van der Waals surface area (Å²) < 4.78 is 0. The fourth-order valence-corrected chi connectivity index (χ4v) is 0.867. The van der Waals surface area contributed by atoms with E-state index in [0.717, 1.165) is 10.7 Å². The number of amides is 2. The van der Waals surface area contributed by atoms with Crippen LogP contribution < -0.4 is 22.1 Å². The van der Waals surface area contributed by atoms with Crippen LogP contribution >= 0.6 is 0 Å². The molecule has 0 aromatic carbocycles. The van der Waals surface area contributed by atoms with Gasteiger partial charge in [0.1, 0.15) is 0 Å². The van der Waals surface area contributed by atoms with E-state index in [9.17, 15) is 4.79 Å². The van der Waals surface area contributed by atoms with Crippen molar-refractivity contribution in [3.63, 3.8) is 0 Å². The van der Waals surface area contributed by atoms with E-state index in [1.807, 2.05) is 5.43 Å². The minimum Gasteiger partial charge on any atom is -0.274 e. The molecule has 1 aromatic heterocycles. The number of hydrogen-bond donors (Lipinski definition) is 3. The van der Waals surface area contributed by atoms with Crippen molar-refractivity contribution < 1.29 is 4.79 Å². The number of nitrogens with zero attached hydrogens (tertiary/aromatic N) is 2. The molecule has 1 aromatic rings. The highest BCUT2D eigenvalue weighted by molar-refractivity contribution is 5.90. The number of aromatic nitrogens is 1. The lowest BCUT2D eigenvalue weighted by atomic mass is 10.3. The highest BCUT2D eigenvalue weighted by Gasteiger charge is 2.09. The van der Waals surface area contributed by atoms with Crippen LogP contribution in [0.1, 0.15) is 5.69 Å². The van der Waals surface area contributed by atoms with E-state index in [1.54, 1.807) is 25.3 Å². The summed E-state index contributed by atoms with van der Waals surface area (Å²) in [6, 6.07) is 2.71. The molecule has 0 bridgehead atoms. The predicted molar refractivity (Wildman–Crippen MR) is 48.4 cm³/mol. The first-order chi connectivity index (χ1) is 6.15. The minimum atomic E-state index is -0.578. The van der Waals surface area contributed by atoms with Gasteiger partial charge in [-0.2, -0.15) is 0 Å². The van der Waals surface area contributed by atoms with E-state index in [1.165, 1.54) is 0 Å². The Morgan fingerprint density at radius 1 is 1.69 bits per heavy atom. The number of carbonyl (C=O) groups excluding carboxylic acids is 1. The average molecular weight is 181 g/mol. The molecule has 0 aliphatic carbocycles. The standard InChI is InChI=1S/C7H11N5O/c1-5-4-6(2-3-10-5)12(9)7(13)11-8/h2-4H,8-9H2,1H3,(H,11,13). The number of rotatable bonds is 1. The molecule has 1 rings (SSSR count). The zero-order valence-corrected chi connectivity index (χ0v) is 7.19. The SMILES string of the molecule is Cc1cc(N(N)C(=O)NN)ccn1. The van der Waals surface area contributed by atoms with Crippen LogP contribution in [-0.4, -0.2) is 11.0 Å². The molecule has 0 aliphatic heterocycles. The Labute approximate surface area is 75.5 Å². The minimum absolute atomic E-state index is 0.537. The van der Waals surface area contributed by atoms with Gasteiger partial charge < -0.3 is 0 Å². The molecule has 2 amide bonds. The number of anilines is 1. The predicted octanol–water partition coefficient (Wildman–Crippen LogP) is -0.347. The van der Waals surface area contributed by atoms with Crippen LogP contribution in [0.15, 0.2) is 18.3 Å². The molecule has 0 saturated carbocycles. The van der Waals surface area contributed by atoms with Crippen molar-refractivity contribution in [2.24, 2.45) is 11.7 Å². The normalized spacial score (nSPS) is 9.46. The lowest BCUT2D eigenvalue weighted by molar-refractivity contribution is 0.246. The summed E-state index contributed by atoms with van der Waals surface area (Å²) in [5.74, 6) is 10.3. The number of hydrogen-bond acceptors (Lipinski definition) is 4. The maximum Gasteiger partial charge on any atom is 0.350 e. The molecule has 0 aliphatic rings. The van der Waals surface area contributed by atoms with Crippen LogP contribution in [0.2, 0.25) is 0 Å². The van der Waals surface area contributed by atoms with Crippen molar-refractivity contribution in [2.75, 3.05) is 5.01 Å². The van der Waals surface area contributed by atoms with E-state index in [-0.39, 0.29) is 0 Å². The number of carbonyl (C=O) groups is 1. The van der Waals surface area contributed by atoms with Crippen molar-refractivity contribution >= 4 is 11.7 Å². The number of aryl methyl sites for hydroxylation is 1. The van der Waals surface area contributed by atoms with E-state index in [4.69, 9.17) is 11.7 Å². The van der Waals surface area contributed by atoms with Gasteiger partial charge in [0.25, 0.3) is 0 Å². The maximum absolute atomic E-state index is 11.0. The maximum atomic E-state index is 11.0. The Hall–Kier alpha value is -1.66. The van der Waals surface area contributed by atoms with Crippen molar-refractivity contribution in [1.82, 2.24) is 10.4 Å². The van der Waals surface area contributed by atoms with E-state index < -0.39 is 6.03 Å². The Morgan fingerprint density at radius 3 is 2.92 bits per heavy atom. The zero-order valence-electron chi connectivity index (χ0n) is 7.19. The number of pyridine rings is 1. The molecule has 6 nitrogen and oxygen atoms in total. The van der Waals surface area contributed by atoms with Crippen LogP contribution in [0.3, 0.4) is 0 Å². The van der Waals surface area contributed by atoms with Crippen LogP contribution in [0.5, 0.6) is 0 Å². The molecular weight excluding hydrogens is 170 g/mol. The number of hydrazine groups is 2. The lowest BCUT2D eigenvalue weighted by Gasteiger charge is -2.15. The van der Waals surface area contributed by atoms with E-state index in [0.29, 0.717) is 5.69 Å². The van der Waals surface area contributed by atoms with Gasteiger partial charge in [-0.3, -0.25) is 10.4 Å². The second-order valence-electron chi connectivity index (χ2n) is 2.47. The summed E-state index contributed by atoms with van der Waals surface area (Å²) in [7, 11) is 0. The molecule has 13 heavy (non-hydrogen) atoms. The fraction of sp³-hybridized carbons (Fsp3) is 0.143. The smallest absolute Gasteiger partial charge is 0.274 e. The van der Waals surface area contributed by atoms with Gasteiger partial charge in [0.15, 0.2) is 0 Å². The largest absolute Gasteiger partial charge is 0.350 e. The Bertz CT molecular complexity index is 314. The molecule has 1 heterocycles. The summed E-state index contributed by atoms with van der Waals surface area (Å²) in [5.41, 5.74) is 3.24. The zero-order chi connectivity index (χ0) is 9.84. The first-order valence-electron chi connectivity index (χ1n) is 3.63. The molecule has 70 valence electrons. The first kappa shape index (κ1) is 9.43. The molecule has 6 heteroatoms. The Kier molecular flexibility index (Phi) is 2.78. The van der Waals surface area contributed by atoms with E-state index >= 15 is 0 Å². The molecule has 0 unspecified atom stereocenters. The van der Waals surface area contributed by atoms with Crippen molar-refractivity contribution in [3.05, 3.63) is 24.0 Å². The summed E-state index contributed by atoms with van der Waals surface area (Å²) in [6.45, 7) is 1.80. The highest BCUT2D eigenvalue weighted by Crippen LogP contribution is 2.10. The summed E-state index contributed by atoms with van der Waals surface area (Å²) in [4.78, 5) is 14.9. The fourth-order valence-electron chi connectivity index (χ4n) is 0.867. The number of nitrogens with two attached hydrogens (primary N) is 2. The molecule has 5 N–H and O–H groups in total. The van der Waals surface area contributed by atoms with Crippen LogP contribution in [-0.2, 0) is 0 Å². The number of nitrogens with one attached hydrogen (secondary N) is 1. The van der Waals surface area contributed by atoms with Gasteiger partial charge in [-0.05, 0) is 19.1 Å². The molecule has 0 spiro atoms. The summed E-state index contributed by atoms with van der Waals surface area (Å²) in [6.07, 6.45) is 1.56. The molecule has 0 radical (unpaired) electrons. The van der Waals surface area contributed by atoms with Gasteiger partial charge in [0.05, 0.1) is 5.69 Å². The Balaban J connectivity index is 2.88. The van der Waals surface area contributed by atoms with Gasteiger partial charge in [-0.15, -0.1) is 0 Å². The molecular formula is C7H11N5O. The van der Waals surface area contributed by atoms with Gasteiger partial charge in [-0.25, -0.2) is 21.5 Å². The third kappa shape index (κ3) is 2.14. The topological polar surface area (TPSA) is 97.3 Å². The summed E-state index contributed by atoms with van der Waals surface area (Å²) in [5, 5.41) is 0.911. The van der Waals surface area contributed by atoms with Crippen LogP contribution in [0.4, 0.5) is 10.5 Å². The van der Waals surface area contributed by atoms with E-state index in [2.05, 4.69) is 4.98 Å². The van der Waals surface area contributed by atoms with Crippen molar-refractivity contribution in [3.8, 4) is 0 Å². The van der Waals surface area contributed by atoms with Crippen molar-refractivity contribution in [2.45, 2.75) is 6.92 Å². The van der Waals surface area contributed by atoms with Gasteiger partial charge >= 0.3 is 6.03 Å². The van der Waals surface area contributed by atoms with Crippen LogP contribution in [0.25, 0.3) is 0 Å². The molecule has 0 atom stereocenters. The van der Waals surface area contributed by atoms with Gasteiger partial charge in [-0.1, -0.05) is 0 Å². The Morgan fingerprint density at radius 2 is 2.38 bits per heavy atom. The first-order valence-corrected chi connectivity index (χ1v) is 3.63. The average Bonchev–Trinajstić information content (AvgIpc) is 2.15. The third-order valence-corrected chi connectivity index (χ3v) is 1.50. The second kappa shape index (κ2) is 3.83. The molecule has 0 saturated heterocycles. The van der Waals surface area contributed by atoms with Crippen LogP contribution in [0, 0.1) is 6.92 Å². The quantitative estimate of drug-likeness (QED) is 0.313. The van der Waals surface area contributed by atoms with Gasteiger partial charge in [0, 0.05) is 11.9 Å². The lowest BCUT2D eigenvalue weighted by Crippen LogP contribution is -2.47. The molecule has 0 fully saturated rings. The third-order valence-electron chi connectivity index (χ3n) is 1.50. The number of urea groups is 1.